The zero-order valence-corrected chi connectivity index (χ0v) is 7.90. The van der Waals surface area contributed by atoms with Gasteiger partial charge in [-0.15, -0.1) is 11.8 Å². The fourth-order valence-corrected chi connectivity index (χ4v) is 2.24. The molecule has 12 heavy (non-hydrogen) atoms. The third-order valence-electron chi connectivity index (χ3n) is 1.84. The van der Waals surface area contributed by atoms with Crippen molar-refractivity contribution in [2.75, 3.05) is 5.75 Å². The van der Waals surface area contributed by atoms with E-state index in [4.69, 9.17) is 5.11 Å². The van der Waals surface area contributed by atoms with Crippen LogP contribution in [0.2, 0.25) is 0 Å². The molecule has 0 aromatic heterocycles. The Balaban J connectivity index is 1.98. The molecule has 0 aromatic rings. The number of aliphatic carboxylic acids is 1. The number of carbonyl (C=O) groups is 1. The van der Waals surface area contributed by atoms with Crippen molar-refractivity contribution in [3.05, 3.63) is 11.0 Å². The van der Waals surface area contributed by atoms with Crippen molar-refractivity contribution in [2.24, 2.45) is 0 Å². The van der Waals surface area contributed by atoms with Crippen LogP contribution in [0.1, 0.15) is 32.1 Å². The normalized spacial score (nSPS) is 16.2. The molecule has 1 aliphatic heterocycles. The van der Waals surface area contributed by atoms with Crippen molar-refractivity contribution in [3.63, 3.8) is 0 Å². The van der Waals surface area contributed by atoms with Gasteiger partial charge in [0.1, 0.15) is 0 Å². The predicted octanol–water partition coefficient (Wildman–Crippen LogP) is 2.65. The average Bonchev–Trinajstić information content (AvgIpc) is 2.49. The number of thioether (sulfide) groups is 1. The van der Waals surface area contributed by atoms with E-state index in [0.717, 1.165) is 19.3 Å². The molecule has 0 amide bonds. The van der Waals surface area contributed by atoms with E-state index in [2.05, 4.69) is 6.08 Å². The van der Waals surface area contributed by atoms with Crippen LogP contribution in [0.5, 0.6) is 0 Å². The Hall–Kier alpha value is -0.440. The Kier molecular flexibility index (Phi) is 4.22. The van der Waals surface area contributed by atoms with Crippen molar-refractivity contribution < 1.29 is 9.90 Å². The van der Waals surface area contributed by atoms with E-state index in [1.54, 1.807) is 0 Å². The molecule has 68 valence electrons. The summed E-state index contributed by atoms with van der Waals surface area (Å²) in [4.78, 5) is 11.6. The molecule has 1 heterocycles. The first kappa shape index (κ1) is 9.65. The minimum atomic E-state index is -0.678. The Morgan fingerprint density at radius 3 is 3.00 bits per heavy atom. The van der Waals surface area contributed by atoms with Gasteiger partial charge in [-0.25, -0.2) is 0 Å². The number of hydrogen-bond acceptors (Lipinski definition) is 2. The lowest BCUT2D eigenvalue weighted by molar-refractivity contribution is -0.137. The summed E-state index contributed by atoms with van der Waals surface area (Å²) in [6.45, 7) is 0. The second-order valence-electron chi connectivity index (χ2n) is 2.91. The Bertz CT molecular complexity index is 187. The van der Waals surface area contributed by atoms with Crippen molar-refractivity contribution in [2.45, 2.75) is 32.1 Å². The molecule has 0 saturated carbocycles. The molecule has 0 unspecified atom stereocenters. The first-order chi connectivity index (χ1) is 5.79. The molecule has 3 heteroatoms. The maximum absolute atomic E-state index is 10.2. The smallest absolute Gasteiger partial charge is 0.303 e. The van der Waals surface area contributed by atoms with Gasteiger partial charge in [0.15, 0.2) is 0 Å². The lowest BCUT2D eigenvalue weighted by Crippen LogP contribution is -1.93. The van der Waals surface area contributed by atoms with Crippen LogP contribution >= 0.6 is 11.8 Å². The quantitative estimate of drug-likeness (QED) is 0.671. The van der Waals surface area contributed by atoms with E-state index < -0.39 is 5.97 Å². The van der Waals surface area contributed by atoms with Crippen molar-refractivity contribution in [1.29, 1.82) is 0 Å². The Morgan fingerprint density at radius 2 is 2.42 bits per heavy atom. The molecule has 0 bridgehead atoms. The van der Waals surface area contributed by atoms with Gasteiger partial charge in [0.25, 0.3) is 0 Å². The summed E-state index contributed by atoms with van der Waals surface area (Å²) in [6.07, 6.45) is 6.69. The fraction of sp³-hybridized carbons (Fsp3) is 0.667. The van der Waals surface area contributed by atoms with Gasteiger partial charge in [-0.05, 0) is 30.6 Å². The molecule has 0 aliphatic carbocycles. The summed E-state index contributed by atoms with van der Waals surface area (Å²) < 4.78 is 0. The van der Waals surface area contributed by atoms with E-state index in [1.807, 2.05) is 11.8 Å². The molecular formula is C9H14O2S. The summed E-state index contributed by atoms with van der Waals surface area (Å²) in [5, 5.41) is 8.39. The average molecular weight is 186 g/mol. The van der Waals surface area contributed by atoms with Crippen LogP contribution in [0.15, 0.2) is 11.0 Å². The molecule has 1 rings (SSSR count). The van der Waals surface area contributed by atoms with Crippen LogP contribution in [0, 0.1) is 0 Å². The highest BCUT2D eigenvalue weighted by Crippen LogP contribution is 2.28. The van der Waals surface area contributed by atoms with Gasteiger partial charge in [0.2, 0.25) is 0 Å². The van der Waals surface area contributed by atoms with Gasteiger partial charge < -0.3 is 5.11 Å². The number of carboxylic acids is 1. The molecule has 0 atom stereocenters. The Labute approximate surface area is 77.0 Å². The van der Waals surface area contributed by atoms with Crippen molar-refractivity contribution in [3.8, 4) is 0 Å². The van der Waals surface area contributed by atoms with Crippen LogP contribution in [-0.2, 0) is 4.79 Å². The van der Waals surface area contributed by atoms with Gasteiger partial charge in [0, 0.05) is 12.2 Å². The number of unbranched alkanes of at least 4 members (excludes halogenated alkanes) is 1. The number of allylic oxidation sites excluding steroid dienone is 2. The summed E-state index contributed by atoms with van der Waals surface area (Å²) in [5.41, 5.74) is 0. The second kappa shape index (κ2) is 5.25. The molecule has 1 aliphatic rings. The molecule has 0 radical (unpaired) electrons. The van der Waals surface area contributed by atoms with Gasteiger partial charge in [0.05, 0.1) is 0 Å². The van der Waals surface area contributed by atoms with Crippen LogP contribution < -0.4 is 0 Å². The Morgan fingerprint density at radius 1 is 1.58 bits per heavy atom. The van der Waals surface area contributed by atoms with E-state index >= 15 is 0 Å². The highest BCUT2D eigenvalue weighted by atomic mass is 32.2. The third-order valence-corrected chi connectivity index (χ3v) is 3.02. The maximum atomic E-state index is 10.2. The molecule has 0 spiro atoms. The fourth-order valence-electron chi connectivity index (χ4n) is 1.22. The zero-order chi connectivity index (χ0) is 8.81. The summed E-state index contributed by atoms with van der Waals surface area (Å²) in [5.74, 6) is 0.539. The van der Waals surface area contributed by atoms with Crippen LogP contribution in [0.25, 0.3) is 0 Å². The monoisotopic (exact) mass is 186 g/mol. The molecule has 0 fully saturated rings. The van der Waals surface area contributed by atoms with Gasteiger partial charge in [-0.1, -0.05) is 6.08 Å². The number of hydrogen-bond donors (Lipinski definition) is 1. The largest absolute Gasteiger partial charge is 0.481 e. The van der Waals surface area contributed by atoms with Crippen LogP contribution in [0.4, 0.5) is 0 Å². The summed E-state index contributed by atoms with van der Waals surface area (Å²) in [7, 11) is 0. The second-order valence-corrected chi connectivity index (χ2v) is 4.13. The maximum Gasteiger partial charge on any atom is 0.303 e. The molecule has 0 saturated heterocycles. The lowest BCUT2D eigenvalue weighted by Gasteiger charge is -1.98. The molecule has 0 aromatic carbocycles. The SMILES string of the molecule is O=C(O)CCCCC1=CCCS1. The minimum absolute atomic E-state index is 0.317. The highest BCUT2D eigenvalue weighted by Gasteiger charge is 2.04. The lowest BCUT2D eigenvalue weighted by atomic mass is 10.2. The van der Waals surface area contributed by atoms with E-state index in [-0.39, 0.29) is 0 Å². The van der Waals surface area contributed by atoms with Crippen LogP contribution in [-0.4, -0.2) is 16.8 Å². The van der Waals surface area contributed by atoms with Gasteiger partial charge in [-0.2, -0.15) is 0 Å². The highest BCUT2D eigenvalue weighted by molar-refractivity contribution is 8.03. The number of rotatable bonds is 5. The zero-order valence-electron chi connectivity index (χ0n) is 7.08. The molecular weight excluding hydrogens is 172 g/mol. The van der Waals surface area contributed by atoms with E-state index in [0.29, 0.717) is 6.42 Å². The van der Waals surface area contributed by atoms with Crippen molar-refractivity contribution in [1.82, 2.24) is 0 Å². The van der Waals surface area contributed by atoms with Crippen LogP contribution in [0.3, 0.4) is 0 Å². The van der Waals surface area contributed by atoms with Gasteiger partial charge >= 0.3 is 5.97 Å². The first-order valence-corrected chi connectivity index (χ1v) is 5.31. The number of carboxylic acid groups (broad SMARTS) is 1. The minimum Gasteiger partial charge on any atom is -0.481 e. The van der Waals surface area contributed by atoms with Crippen molar-refractivity contribution >= 4 is 17.7 Å². The van der Waals surface area contributed by atoms with E-state index in [9.17, 15) is 4.79 Å². The summed E-state index contributed by atoms with van der Waals surface area (Å²) in [6, 6.07) is 0. The predicted molar refractivity (Wildman–Crippen MR) is 51.3 cm³/mol. The molecule has 2 nitrogen and oxygen atoms in total. The standard InChI is InChI=1S/C9H14O2S/c10-9(11)6-2-1-4-8-5-3-7-12-8/h5H,1-4,6-7H2,(H,10,11). The summed E-state index contributed by atoms with van der Waals surface area (Å²) >= 11 is 1.91. The molecule has 1 N–H and O–H groups in total. The third kappa shape index (κ3) is 3.81. The van der Waals surface area contributed by atoms with E-state index in [1.165, 1.54) is 17.1 Å². The first-order valence-electron chi connectivity index (χ1n) is 4.32. The van der Waals surface area contributed by atoms with Gasteiger partial charge in [-0.3, -0.25) is 4.79 Å². The topological polar surface area (TPSA) is 37.3 Å².